The average Bonchev–Trinajstić information content (AvgIpc) is 2.45. The minimum absolute atomic E-state index is 0.304. The minimum atomic E-state index is 0.304. The average molecular weight is 291 g/mol. The van der Waals surface area contributed by atoms with Crippen LogP contribution < -0.4 is 4.74 Å². The summed E-state index contributed by atoms with van der Waals surface area (Å²) in [6.07, 6.45) is 0. The Morgan fingerprint density at radius 2 is 1.74 bits per heavy atom. The minimum Gasteiger partial charge on any atom is -0.488 e. The van der Waals surface area contributed by atoms with E-state index in [4.69, 9.17) is 27.9 Å². The standard InChI is InChI=1S/C16H12Cl2O/c17-11-5-8-13-6-2-4-10-16(13)19-12-14-7-1-3-9-15(14)18/h1-4,6-7,9-10H,11-12H2. The van der Waals surface area contributed by atoms with Crippen molar-refractivity contribution in [2.45, 2.75) is 6.61 Å². The Bertz CT molecular complexity index is 611. The molecule has 2 aromatic carbocycles. The molecule has 0 heterocycles. The quantitative estimate of drug-likeness (QED) is 0.597. The van der Waals surface area contributed by atoms with Crippen molar-refractivity contribution >= 4 is 23.2 Å². The van der Waals surface area contributed by atoms with Gasteiger partial charge in [-0.15, -0.1) is 11.6 Å². The second-order valence-corrected chi connectivity index (χ2v) is 4.49. The zero-order valence-corrected chi connectivity index (χ0v) is 11.7. The lowest BCUT2D eigenvalue weighted by Gasteiger charge is -2.09. The van der Waals surface area contributed by atoms with Crippen LogP contribution in [-0.2, 0) is 6.61 Å². The molecular weight excluding hydrogens is 279 g/mol. The monoisotopic (exact) mass is 290 g/mol. The first-order chi connectivity index (χ1) is 9.31. The predicted molar refractivity (Wildman–Crippen MR) is 79.8 cm³/mol. The van der Waals surface area contributed by atoms with E-state index in [1.54, 1.807) is 0 Å². The molecule has 0 N–H and O–H groups in total. The molecule has 0 bridgehead atoms. The van der Waals surface area contributed by atoms with Gasteiger partial charge in [-0.1, -0.05) is 53.8 Å². The van der Waals surface area contributed by atoms with Gasteiger partial charge in [0.15, 0.2) is 0 Å². The maximum atomic E-state index is 6.09. The van der Waals surface area contributed by atoms with E-state index >= 15 is 0 Å². The zero-order valence-electron chi connectivity index (χ0n) is 10.2. The zero-order chi connectivity index (χ0) is 13.5. The van der Waals surface area contributed by atoms with Gasteiger partial charge < -0.3 is 4.74 Å². The van der Waals surface area contributed by atoms with Crippen LogP contribution >= 0.6 is 23.2 Å². The van der Waals surface area contributed by atoms with Gasteiger partial charge in [0.2, 0.25) is 0 Å². The molecule has 1 nitrogen and oxygen atoms in total. The van der Waals surface area contributed by atoms with Crippen molar-refractivity contribution in [2.75, 3.05) is 5.88 Å². The van der Waals surface area contributed by atoms with E-state index in [2.05, 4.69) is 11.8 Å². The largest absolute Gasteiger partial charge is 0.488 e. The summed E-state index contributed by atoms with van der Waals surface area (Å²) in [5, 5.41) is 0.701. The Hall–Kier alpha value is -1.62. The first kappa shape index (κ1) is 13.8. The van der Waals surface area contributed by atoms with Gasteiger partial charge in [0, 0.05) is 10.6 Å². The van der Waals surface area contributed by atoms with Crippen molar-refractivity contribution in [3.63, 3.8) is 0 Å². The molecule has 0 radical (unpaired) electrons. The number of halogens is 2. The topological polar surface area (TPSA) is 9.23 Å². The highest BCUT2D eigenvalue weighted by molar-refractivity contribution is 6.31. The van der Waals surface area contributed by atoms with Gasteiger partial charge >= 0.3 is 0 Å². The fourth-order valence-corrected chi connectivity index (χ4v) is 1.85. The van der Waals surface area contributed by atoms with Crippen molar-refractivity contribution in [2.24, 2.45) is 0 Å². The van der Waals surface area contributed by atoms with Crippen LogP contribution in [0.15, 0.2) is 48.5 Å². The summed E-state index contributed by atoms with van der Waals surface area (Å²) in [4.78, 5) is 0. The second-order valence-electron chi connectivity index (χ2n) is 3.81. The van der Waals surface area contributed by atoms with Crippen LogP contribution in [0.3, 0.4) is 0 Å². The maximum Gasteiger partial charge on any atom is 0.135 e. The SMILES string of the molecule is ClCC#Cc1ccccc1OCc1ccccc1Cl. The van der Waals surface area contributed by atoms with E-state index in [1.165, 1.54) is 0 Å². The van der Waals surface area contributed by atoms with Crippen LogP contribution in [0.2, 0.25) is 5.02 Å². The number of ether oxygens (including phenoxy) is 1. The lowest BCUT2D eigenvalue weighted by molar-refractivity contribution is 0.305. The molecule has 0 aliphatic rings. The molecule has 0 fully saturated rings. The fourth-order valence-electron chi connectivity index (χ4n) is 1.60. The predicted octanol–water partition coefficient (Wildman–Crippen LogP) is 4.51. The van der Waals surface area contributed by atoms with Crippen LogP contribution in [0.25, 0.3) is 0 Å². The smallest absolute Gasteiger partial charge is 0.135 e. The van der Waals surface area contributed by atoms with Crippen LogP contribution in [0.4, 0.5) is 0 Å². The van der Waals surface area contributed by atoms with Gasteiger partial charge in [0.05, 0.1) is 11.4 Å². The molecule has 2 rings (SSSR count). The van der Waals surface area contributed by atoms with E-state index in [0.717, 1.165) is 16.9 Å². The Morgan fingerprint density at radius 1 is 1.00 bits per heavy atom. The number of benzene rings is 2. The van der Waals surface area contributed by atoms with Gasteiger partial charge in [0.1, 0.15) is 12.4 Å². The van der Waals surface area contributed by atoms with Crippen molar-refractivity contribution in [1.29, 1.82) is 0 Å². The van der Waals surface area contributed by atoms with Gasteiger partial charge in [-0.2, -0.15) is 0 Å². The van der Waals surface area contributed by atoms with E-state index < -0.39 is 0 Å². The van der Waals surface area contributed by atoms with Crippen molar-refractivity contribution in [3.05, 3.63) is 64.7 Å². The number of hydrogen-bond acceptors (Lipinski definition) is 1. The Balaban J connectivity index is 2.14. The van der Waals surface area contributed by atoms with Gasteiger partial charge in [0.25, 0.3) is 0 Å². The van der Waals surface area contributed by atoms with Crippen molar-refractivity contribution in [1.82, 2.24) is 0 Å². The number of alkyl halides is 1. The van der Waals surface area contributed by atoms with Gasteiger partial charge in [-0.05, 0) is 18.2 Å². The van der Waals surface area contributed by atoms with Crippen LogP contribution in [0.5, 0.6) is 5.75 Å². The highest BCUT2D eigenvalue weighted by Gasteiger charge is 2.03. The molecule has 0 atom stereocenters. The molecule has 0 unspecified atom stereocenters. The molecule has 0 amide bonds. The molecular formula is C16H12Cl2O. The molecule has 2 aromatic rings. The number of para-hydroxylation sites is 1. The fraction of sp³-hybridized carbons (Fsp3) is 0.125. The molecule has 3 heteroatoms. The maximum absolute atomic E-state index is 6.09. The molecule has 96 valence electrons. The molecule has 0 aromatic heterocycles. The number of rotatable bonds is 3. The van der Waals surface area contributed by atoms with Crippen LogP contribution in [0, 0.1) is 11.8 Å². The summed E-state index contributed by atoms with van der Waals surface area (Å²) in [7, 11) is 0. The third-order valence-corrected chi connectivity index (χ3v) is 3.02. The summed E-state index contributed by atoms with van der Waals surface area (Å²) in [6.45, 7) is 0.416. The highest BCUT2D eigenvalue weighted by Crippen LogP contribution is 2.21. The first-order valence-corrected chi connectivity index (χ1v) is 6.72. The van der Waals surface area contributed by atoms with E-state index in [9.17, 15) is 0 Å². The van der Waals surface area contributed by atoms with Crippen LogP contribution in [-0.4, -0.2) is 5.88 Å². The Kier molecular flexibility index (Phi) is 5.15. The van der Waals surface area contributed by atoms with E-state index in [0.29, 0.717) is 17.5 Å². The highest BCUT2D eigenvalue weighted by atomic mass is 35.5. The molecule has 0 aliphatic heterocycles. The van der Waals surface area contributed by atoms with Crippen LogP contribution in [0.1, 0.15) is 11.1 Å². The number of hydrogen-bond donors (Lipinski definition) is 0. The summed E-state index contributed by atoms with van der Waals surface area (Å²) < 4.78 is 5.77. The first-order valence-electron chi connectivity index (χ1n) is 5.81. The third-order valence-electron chi connectivity index (χ3n) is 2.52. The van der Waals surface area contributed by atoms with E-state index in [-0.39, 0.29) is 0 Å². The molecule has 0 aliphatic carbocycles. The summed E-state index contributed by atoms with van der Waals surface area (Å²) in [6, 6.07) is 15.2. The van der Waals surface area contributed by atoms with Gasteiger partial charge in [-0.25, -0.2) is 0 Å². The molecule has 0 spiro atoms. The lowest BCUT2D eigenvalue weighted by atomic mass is 10.2. The molecule has 0 saturated heterocycles. The Labute approximate surface area is 123 Å². The van der Waals surface area contributed by atoms with E-state index in [1.807, 2.05) is 48.5 Å². The lowest BCUT2D eigenvalue weighted by Crippen LogP contribution is -1.97. The summed E-state index contributed by atoms with van der Waals surface area (Å²) in [5.41, 5.74) is 1.78. The van der Waals surface area contributed by atoms with Gasteiger partial charge in [-0.3, -0.25) is 0 Å². The third kappa shape index (κ3) is 3.92. The second kappa shape index (κ2) is 7.09. The van der Waals surface area contributed by atoms with Crippen molar-refractivity contribution in [3.8, 4) is 17.6 Å². The summed E-state index contributed by atoms with van der Waals surface area (Å²) >= 11 is 11.7. The summed E-state index contributed by atoms with van der Waals surface area (Å²) in [5.74, 6) is 6.84. The van der Waals surface area contributed by atoms with Crippen molar-refractivity contribution < 1.29 is 4.74 Å². The Morgan fingerprint density at radius 3 is 2.53 bits per heavy atom. The molecule has 0 saturated carbocycles. The normalized spacial score (nSPS) is 9.58. The molecule has 19 heavy (non-hydrogen) atoms.